The van der Waals surface area contributed by atoms with Gasteiger partial charge in [0.1, 0.15) is 5.83 Å². The molecule has 31 heavy (non-hydrogen) atoms. The lowest BCUT2D eigenvalue weighted by molar-refractivity contribution is -0.118. The second-order valence-corrected chi connectivity index (χ2v) is 9.19. The number of nitrogens with two attached hydrogens (primary N) is 1. The zero-order valence-corrected chi connectivity index (χ0v) is 18.1. The number of amides is 1. The molecular formula is C24H30FN5O. The first kappa shape index (κ1) is 20.1. The van der Waals surface area contributed by atoms with E-state index in [1.165, 1.54) is 17.3 Å². The second kappa shape index (κ2) is 7.71. The molecule has 0 saturated carbocycles. The lowest BCUT2D eigenvalue weighted by Gasteiger charge is -2.39. The van der Waals surface area contributed by atoms with Crippen LogP contribution in [-0.2, 0) is 11.2 Å². The highest BCUT2D eigenvalue weighted by molar-refractivity contribution is 5.99. The molecule has 6 nitrogen and oxygen atoms in total. The molecule has 0 bridgehead atoms. The van der Waals surface area contributed by atoms with E-state index in [4.69, 9.17) is 5.73 Å². The van der Waals surface area contributed by atoms with Gasteiger partial charge in [0.2, 0.25) is 0 Å². The van der Waals surface area contributed by atoms with Crippen LogP contribution in [0, 0.1) is 5.92 Å². The van der Waals surface area contributed by atoms with Crippen LogP contribution in [0.5, 0.6) is 0 Å². The van der Waals surface area contributed by atoms with Crippen LogP contribution in [0.15, 0.2) is 53.0 Å². The van der Waals surface area contributed by atoms with Crippen molar-refractivity contribution in [3.05, 3.63) is 58.6 Å². The van der Waals surface area contributed by atoms with Crippen LogP contribution in [0.3, 0.4) is 0 Å². The van der Waals surface area contributed by atoms with E-state index in [-0.39, 0.29) is 29.7 Å². The summed E-state index contributed by atoms with van der Waals surface area (Å²) in [6.07, 6.45) is 4.58. The predicted molar refractivity (Wildman–Crippen MR) is 121 cm³/mol. The molecule has 5 rings (SSSR count). The van der Waals surface area contributed by atoms with Crippen LogP contribution in [0.2, 0.25) is 0 Å². The fourth-order valence-corrected chi connectivity index (χ4v) is 5.21. The van der Waals surface area contributed by atoms with Gasteiger partial charge in [0.25, 0.3) is 5.91 Å². The molecule has 0 aromatic heterocycles. The fourth-order valence-electron chi connectivity index (χ4n) is 5.21. The standard InChI is InChI=1S/C24H30FN5O/c1-14-12-15-6-7-16(30-10-8-29(2)9-11-30)13-19(15)27-23(14)21-22(26)20-17(25)4-3-5-18(20)28-24(21)31/h3-4,6-7,13-14,18,23,27H,5,8-12,26H2,1-2H3,(H,28,31)/t14-,18?,23?/m0/s1. The van der Waals surface area contributed by atoms with Crippen molar-refractivity contribution in [2.45, 2.75) is 31.8 Å². The maximum absolute atomic E-state index is 14.6. The Bertz CT molecular complexity index is 1010. The summed E-state index contributed by atoms with van der Waals surface area (Å²) in [6, 6.07) is 5.92. The molecule has 1 aliphatic carbocycles. The summed E-state index contributed by atoms with van der Waals surface area (Å²) in [5, 5.41) is 6.54. The molecule has 1 aromatic carbocycles. The van der Waals surface area contributed by atoms with Gasteiger partial charge in [-0.1, -0.05) is 19.1 Å². The number of likely N-dealkylation sites (N-methyl/N-ethyl adjacent to an activating group) is 1. The minimum atomic E-state index is -0.378. The van der Waals surface area contributed by atoms with E-state index < -0.39 is 0 Å². The van der Waals surface area contributed by atoms with Crippen molar-refractivity contribution in [3.8, 4) is 0 Å². The third kappa shape index (κ3) is 3.51. The van der Waals surface area contributed by atoms with Gasteiger partial charge in [-0.3, -0.25) is 4.79 Å². The highest BCUT2D eigenvalue weighted by atomic mass is 19.1. The molecule has 4 N–H and O–H groups in total. The van der Waals surface area contributed by atoms with Gasteiger partial charge in [0.05, 0.1) is 23.4 Å². The first-order valence-corrected chi connectivity index (χ1v) is 11.1. The summed E-state index contributed by atoms with van der Waals surface area (Å²) in [5.74, 6) is -0.398. The predicted octanol–water partition coefficient (Wildman–Crippen LogP) is 2.31. The molecule has 164 valence electrons. The molecule has 1 saturated heterocycles. The first-order valence-electron chi connectivity index (χ1n) is 11.1. The number of allylic oxidation sites excluding steroid dienone is 2. The second-order valence-electron chi connectivity index (χ2n) is 9.19. The van der Waals surface area contributed by atoms with E-state index in [1.54, 1.807) is 6.08 Å². The van der Waals surface area contributed by atoms with Crippen molar-refractivity contribution in [2.24, 2.45) is 11.7 Å². The van der Waals surface area contributed by atoms with Crippen molar-refractivity contribution >= 4 is 17.3 Å². The molecular weight excluding hydrogens is 393 g/mol. The van der Waals surface area contributed by atoms with Crippen LogP contribution < -0.4 is 21.3 Å². The van der Waals surface area contributed by atoms with Gasteiger partial charge < -0.3 is 26.2 Å². The van der Waals surface area contributed by atoms with Crippen LogP contribution in [0.4, 0.5) is 15.8 Å². The third-order valence-corrected chi connectivity index (χ3v) is 7.07. The van der Waals surface area contributed by atoms with Crippen LogP contribution >= 0.6 is 0 Å². The minimum Gasteiger partial charge on any atom is -0.398 e. The molecule has 3 aliphatic heterocycles. The molecule has 1 fully saturated rings. The topological polar surface area (TPSA) is 73.6 Å². The van der Waals surface area contributed by atoms with Gasteiger partial charge in [-0.25, -0.2) is 4.39 Å². The number of carbonyl (C=O) groups excluding carboxylic acids is 1. The Morgan fingerprint density at radius 2 is 1.90 bits per heavy atom. The number of carbonyl (C=O) groups is 1. The Morgan fingerprint density at radius 3 is 2.68 bits per heavy atom. The molecule has 1 amide bonds. The number of fused-ring (bicyclic) bond motifs is 2. The van der Waals surface area contributed by atoms with Gasteiger partial charge in [-0.05, 0) is 49.6 Å². The average Bonchev–Trinajstić information content (AvgIpc) is 2.74. The quantitative estimate of drug-likeness (QED) is 0.681. The van der Waals surface area contributed by atoms with Crippen molar-refractivity contribution in [3.63, 3.8) is 0 Å². The summed E-state index contributed by atoms with van der Waals surface area (Å²) >= 11 is 0. The number of rotatable bonds is 2. The molecule has 7 heteroatoms. The Morgan fingerprint density at radius 1 is 1.13 bits per heavy atom. The maximum Gasteiger partial charge on any atom is 0.251 e. The van der Waals surface area contributed by atoms with Crippen LogP contribution in [0.25, 0.3) is 0 Å². The summed E-state index contributed by atoms with van der Waals surface area (Å²) in [6.45, 7) is 6.20. The van der Waals surface area contributed by atoms with Crippen LogP contribution in [-0.4, -0.2) is 56.1 Å². The zero-order chi connectivity index (χ0) is 21.7. The Kier molecular flexibility index (Phi) is 5.01. The van der Waals surface area contributed by atoms with Gasteiger partial charge in [-0.15, -0.1) is 0 Å². The van der Waals surface area contributed by atoms with Gasteiger partial charge >= 0.3 is 0 Å². The lowest BCUT2D eigenvalue weighted by atomic mass is 9.79. The Labute approximate surface area is 182 Å². The monoisotopic (exact) mass is 423 g/mol. The van der Waals surface area contributed by atoms with E-state index >= 15 is 0 Å². The highest BCUT2D eigenvalue weighted by Crippen LogP contribution is 2.38. The largest absolute Gasteiger partial charge is 0.398 e. The van der Waals surface area contributed by atoms with E-state index in [0.29, 0.717) is 23.3 Å². The summed E-state index contributed by atoms with van der Waals surface area (Å²) in [5.41, 5.74) is 11.1. The number of anilines is 2. The number of hydrogen-bond donors (Lipinski definition) is 3. The minimum absolute atomic E-state index is 0.153. The Balaban J connectivity index is 1.47. The summed E-state index contributed by atoms with van der Waals surface area (Å²) in [4.78, 5) is 17.7. The van der Waals surface area contributed by atoms with E-state index in [2.05, 4.69) is 52.6 Å². The fraction of sp³-hybridized carbons (Fsp3) is 0.458. The van der Waals surface area contributed by atoms with Crippen molar-refractivity contribution < 1.29 is 9.18 Å². The molecule has 4 aliphatic rings. The van der Waals surface area contributed by atoms with Crippen molar-refractivity contribution in [1.29, 1.82) is 0 Å². The smallest absolute Gasteiger partial charge is 0.251 e. The molecule has 0 radical (unpaired) electrons. The summed E-state index contributed by atoms with van der Waals surface area (Å²) in [7, 11) is 2.15. The van der Waals surface area contributed by atoms with Crippen molar-refractivity contribution in [1.82, 2.24) is 10.2 Å². The third-order valence-electron chi connectivity index (χ3n) is 7.07. The number of hydrogen-bond acceptors (Lipinski definition) is 5. The van der Waals surface area contributed by atoms with Gasteiger partial charge in [-0.2, -0.15) is 0 Å². The number of piperazine rings is 1. The SMILES string of the molecule is C[C@H]1Cc2ccc(N3CCN(C)CC3)cc2NC1C1=C(N)C2=C(F)C=CCC2NC1=O. The van der Waals surface area contributed by atoms with Crippen LogP contribution in [0.1, 0.15) is 18.9 Å². The number of halogens is 1. The number of benzene rings is 1. The zero-order valence-electron chi connectivity index (χ0n) is 18.1. The van der Waals surface area contributed by atoms with E-state index in [0.717, 1.165) is 38.3 Å². The summed E-state index contributed by atoms with van der Waals surface area (Å²) < 4.78 is 14.6. The van der Waals surface area contributed by atoms with E-state index in [1.807, 2.05) is 0 Å². The van der Waals surface area contributed by atoms with E-state index in [9.17, 15) is 9.18 Å². The number of nitrogens with one attached hydrogen (secondary N) is 2. The molecule has 1 aromatic rings. The maximum atomic E-state index is 14.6. The molecule has 3 atom stereocenters. The Hall–Kier alpha value is -2.80. The normalized spacial score (nSPS) is 28.8. The lowest BCUT2D eigenvalue weighted by Crippen LogP contribution is -2.50. The van der Waals surface area contributed by atoms with Gasteiger partial charge in [0.15, 0.2) is 0 Å². The average molecular weight is 424 g/mol. The molecule has 3 heterocycles. The number of nitrogens with zero attached hydrogens (tertiary/aromatic N) is 2. The van der Waals surface area contributed by atoms with Crippen molar-refractivity contribution in [2.75, 3.05) is 43.4 Å². The molecule has 0 spiro atoms. The van der Waals surface area contributed by atoms with Gasteiger partial charge in [0, 0.05) is 43.1 Å². The highest BCUT2D eigenvalue weighted by Gasteiger charge is 2.39. The molecule has 2 unspecified atom stereocenters. The first-order chi connectivity index (χ1) is 14.9.